The first-order valence-corrected chi connectivity index (χ1v) is 6.43. The van der Waals surface area contributed by atoms with E-state index in [-0.39, 0.29) is 5.91 Å². The lowest BCUT2D eigenvalue weighted by atomic mass is 10.2. The topological polar surface area (TPSA) is 29.1 Å². The van der Waals surface area contributed by atoms with E-state index in [0.717, 1.165) is 22.3 Å². The van der Waals surface area contributed by atoms with Gasteiger partial charge in [0.15, 0.2) is 0 Å². The first-order valence-electron chi connectivity index (χ1n) is 4.76. The maximum Gasteiger partial charge on any atom is 0.261 e. The molecule has 1 amide bonds. The van der Waals surface area contributed by atoms with Gasteiger partial charge in [0.2, 0.25) is 0 Å². The van der Waals surface area contributed by atoms with E-state index in [9.17, 15) is 4.79 Å². The zero-order valence-electron chi connectivity index (χ0n) is 8.18. The summed E-state index contributed by atoms with van der Waals surface area (Å²) in [5.74, 6) is 0.0387. The van der Waals surface area contributed by atoms with Gasteiger partial charge in [0.05, 0.1) is 4.88 Å². The zero-order valence-corrected chi connectivity index (χ0v) is 10.6. The summed E-state index contributed by atoms with van der Waals surface area (Å²) in [5, 5.41) is 4.82. The second-order valence-corrected chi connectivity index (χ2v) is 4.92. The summed E-state index contributed by atoms with van der Waals surface area (Å²) in [5.41, 5.74) is 0. The van der Waals surface area contributed by atoms with Gasteiger partial charge in [-0.05, 0) is 28.4 Å². The second kappa shape index (κ2) is 6.19. The molecule has 0 aliphatic carbocycles. The molecule has 1 aromatic rings. The van der Waals surface area contributed by atoms with Crippen LogP contribution in [0.3, 0.4) is 0 Å². The van der Waals surface area contributed by atoms with E-state index in [4.69, 9.17) is 0 Å². The normalized spacial score (nSPS) is 10.1. The van der Waals surface area contributed by atoms with Crippen LogP contribution in [-0.2, 0) is 0 Å². The van der Waals surface area contributed by atoms with Crippen LogP contribution in [0.2, 0.25) is 0 Å². The van der Waals surface area contributed by atoms with Crippen molar-refractivity contribution in [3.63, 3.8) is 0 Å². The Kier molecular flexibility index (Phi) is 5.19. The molecule has 78 valence electrons. The highest BCUT2D eigenvalue weighted by Gasteiger charge is 2.06. The number of carbonyl (C=O) groups is 1. The summed E-state index contributed by atoms with van der Waals surface area (Å²) in [6.07, 6.45) is 3.42. The predicted octanol–water partition coefficient (Wildman–Crippen LogP) is 3.43. The van der Waals surface area contributed by atoms with Crippen molar-refractivity contribution in [2.24, 2.45) is 0 Å². The van der Waals surface area contributed by atoms with E-state index >= 15 is 0 Å². The molecule has 0 radical (unpaired) electrons. The maximum absolute atomic E-state index is 11.5. The van der Waals surface area contributed by atoms with Gasteiger partial charge in [0, 0.05) is 16.4 Å². The van der Waals surface area contributed by atoms with Gasteiger partial charge in [-0.1, -0.05) is 19.8 Å². The minimum atomic E-state index is 0.0387. The molecule has 0 unspecified atom stereocenters. The molecule has 4 heteroatoms. The quantitative estimate of drug-likeness (QED) is 0.820. The fourth-order valence-electron chi connectivity index (χ4n) is 1.10. The summed E-state index contributed by atoms with van der Waals surface area (Å²) in [6, 6.07) is 1.85. The fourth-order valence-corrected chi connectivity index (χ4v) is 2.44. The van der Waals surface area contributed by atoms with Crippen LogP contribution in [0.4, 0.5) is 0 Å². The molecule has 2 nitrogen and oxygen atoms in total. The third-order valence-corrected chi connectivity index (χ3v) is 3.55. The summed E-state index contributed by atoms with van der Waals surface area (Å²) in [7, 11) is 0. The van der Waals surface area contributed by atoms with Gasteiger partial charge in [-0.15, -0.1) is 11.3 Å². The van der Waals surface area contributed by atoms with Crippen LogP contribution >= 0.6 is 27.3 Å². The number of amides is 1. The minimum Gasteiger partial charge on any atom is -0.351 e. The third-order valence-electron chi connectivity index (χ3n) is 1.86. The average Bonchev–Trinajstić information content (AvgIpc) is 2.59. The van der Waals surface area contributed by atoms with Gasteiger partial charge in [-0.3, -0.25) is 4.79 Å². The monoisotopic (exact) mass is 275 g/mol. The van der Waals surface area contributed by atoms with E-state index in [1.807, 2.05) is 11.4 Å². The molecule has 14 heavy (non-hydrogen) atoms. The number of hydrogen-bond donors (Lipinski definition) is 1. The van der Waals surface area contributed by atoms with Crippen molar-refractivity contribution in [1.29, 1.82) is 0 Å². The van der Waals surface area contributed by atoms with Crippen molar-refractivity contribution in [2.75, 3.05) is 6.54 Å². The molecule has 0 saturated carbocycles. The Morgan fingerprint density at radius 2 is 2.36 bits per heavy atom. The molecule has 0 saturated heterocycles. The standard InChI is InChI=1S/C10H14BrNOS/c1-2-3-4-5-12-10(13)9-6-8(11)7-14-9/h6-7H,2-5H2,1H3,(H,12,13). The molecule has 1 aromatic heterocycles. The summed E-state index contributed by atoms with van der Waals surface area (Å²) < 4.78 is 0.973. The molecule has 0 spiro atoms. The Morgan fingerprint density at radius 1 is 1.57 bits per heavy atom. The smallest absolute Gasteiger partial charge is 0.261 e. The highest BCUT2D eigenvalue weighted by atomic mass is 79.9. The largest absolute Gasteiger partial charge is 0.351 e. The number of unbranched alkanes of at least 4 members (excludes halogenated alkanes) is 2. The fraction of sp³-hybridized carbons (Fsp3) is 0.500. The Bertz CT molecular complexity index is 298. The molecule has 0 aromatic carbocycles. The van der Waals surface area contributed by atoms with Crippen LogP contribution in [0, 0.1) is 0 Å². The van der Waals surface area contributed by atoms with Crippen LogP contribution in [0.15, 0.2) is 15.9 Å². The summed E-state index contributed by atoms with van der Waals surface area (Å²) in [6.45, 7) is 2.93. The highest BCUT2D eigenvalue weighted by Crippen LogP contribution is 2.19. The Labute approximate surface area is 96.8 Å². The SMILES string of the molecule is CCCCCNC(=O)c1cc(Br)cs1. The number of hydrogen-bond acceptors (Lipinski definition) is 2. The first kappa shape index (κ1) is 11.7. The van der Waals surface area contributed by atoms with Gasteiger partial charge in [0.1, 0.15) is 0 Å². The van der Waals surface area contributed by atoms with Crippen LogP contribution in [0.25, 0.3) is 0 Å². The maximum atomic E-state index is 11.5. The van der Waals surface area contributed by atoms with E-state index < -0.39 is 0 Å². The van der Waals surface area contributed by atoms with Gasteiger partial charge in [0.25, 0.3) is 5.91 Å². The Morgan fingerprint density at radius 3 is 2.93 bits per heavy atom. The Balaban J connectivity index is 2.29. The lowest BCUT2D eigenvalue weighted by molar-refractivity contribution is 0.0957. The van der Waals surface area contributed by atoms with Crippen LogP contribution < -0.4 is 5.32 Å². The number of halogens is 1. The molecule has 1 rings (SSSR count). The lowest BCUT2D eigenvalue weighted by Crippen LogP contribution is -2.23. The van der Waals surface area contributed by atoms with E-state index in [0.29, 0.717) is 0 Å². The molecule has 0 fully saturated rings. The van der Waals surface area contributed by atoms with Crippen molar-refractivity contribution < 1.29 is 4.79 Å². The Hall–Kier alpha value is -0.350. The van der Waals surface area contributed by atoms with Crippen molar-refractivity contribution >= 4 is 33.2 Å². The lowest BCUT2D eigenvalue weighted by Gasteiger charge is -2.01. The van der Waals surface area contributed by atoms with E-state index in [2.05, 4.69) is 28.2 Å². The third kappa shape index (κ3) is 3.80. The zero-order chi connectivity index (χ0) is 10.4. The summed E-state index contributed by atoms with van der Waals surface area (Å²) >= 11 is 4.79. The van der Waals surface area contributed by atoms with Crippen molar-refractivity contribution in [2.45, 2.75) is 26.2 Å². The second-order valence-electron chi connectivity index (χ2n) is 3.09. The number of carbonyl (C=O) groups excluding carboxylic acids is 1. The van der Waals surface area contributed by atoms with Gasteiger partial charge >= 0.3 is 0 Å². The van der Waals surface area contributed by atoms with Gasteiger partial charge in [-0.25, -0.2) is 0 Å². The van der Waals surface area contributed by atoms with E-state index in [1.54, 1.807) is 0 Å². The van der Waals surface area contributed by atoms with Crippen LogP contribution in [0.5, 0.6) is 0 Å². The van der Waals surface area contributed by atoms with E-state index in [1.165, 1.54) is 24.2 Å². The minimum absolute atomic E-state index is 0.0387. The highest BCUT2D eigenvalue weighted by molar-refractivity contribution is 9.10. The van der Waals surface area contributed by atoms with Gasteiger partial charge in [-0.2, -0.15) is 0 Å². The van der Waals surface area contributed by atoms with Crippen molar-refractivity contribution in [1.82, 2.24) is 5.32 Å². The molecular formula is C10H14BrNOS. The molecule has 0 aliphatic rings. The molecular weight excluding hydrogens is 262 g/mol. The molecule has 0 aliphatic heterocycles. The van der Waals surface area contributed by atoms with Crippen molar-refractivity contribution in [3.8, 4) is 0 Å². The molecule has 0 bridgehead atoms. The number of rotatable bonds is 5. The number of nitrogens with one attached hydrogen (secondary N) is 1. The predicted molar refractivity (Wildman–Crippen MR) is 63.9 cm³/mol. The number of thiophene rings is 1. The van der Waals surface area contributed by atoms with Crippen LogP contribution in [0.1, 0.15) is 35.9 Å². The molecule has 1 N–H and O–H groups in total. The van der Waals surface area contributed by atoms with Crippen molar-refractivity contribution in [3.05, 3.63) is 20.8 Å². The molecule has 0 atom stereocenters. The van der Waals surface area contributed by atoms with Crippen LogP contribution in [-0.4, -0.2) is 12.5 Å². The molecule has 1 heterocycles. The first-order chi connectivity index (χ1) is 6.74. The average molecular weight is 276 g/mol. The summed E-state index contributed by atoms with van der Waals surface area (Å²) in [4.78, 5) is 12.3. The van der Waals surface area contributed by atoms with Gasteiger partial charge < -0.3 is 5.32 Å².